The lowest BCUT2D eigenvalue weighted by atomic mass is 10.1. The predicted molar refractivity (Wildman–Crippen MR) is 182 cm³/mol. The summed E-state index contributed by atoms with van der Waals surface area (Å²) < 4.78 is 53.5. The average Bonchev–Trinajstić information content (AvgIpc) is 3.82. The van der Waals surface area contributed by atoms with Gasteiger partial charge in [-0.15, -0.1) is 0 Å². The van der Waals surface area contributed by atoms with Gasteiger partial charge in [-0.3, -0.25) is 23.7 Å². The number of ether oxygens (including phenoxy) is 3. The standard InChI is InChI=1S/C21H20FNO6.C17H12FNO4/c1-26-12-23-10-9-17(20(21(23)25)28-13-27-2)19(24)18-8-7-16(29-18)11-14-3-5-15(22)6-4-14;18-11-3-1-10(2-4-11)9-12-5-6-14(23-12)15(20)13-7-8-19-17(22)16(13)21/h3-10H,11-13H2,1-2H3;1-8,21H,9H2,(H,19,22). The van der Waals surface area contributed by atoms with Gasteiger partial charge in [-0.25, -0.2) is 8.78 Å². The summed E-state index contributed by atoms with van der Waals surface area (Å²) in [6.07, 6.45) is 3.52. The summed E-state index contributed by atoms with van der Waals surface area (Å²) >= 11 is 0. The topological polar surface area (TPSA) is 163 Å². The summed E-state index contributed by atoms with van der Waals surface area (Å²) in [5, 5.41) is 9.66. The van der Waals surface area contributed by atoms with Crippen molar-refractivity contribution in [1.82, 2.24) is 9.55 Å². The van der Waals surface area contributed by atoms with Crippen LogP contribution in [0.25, 0.3) is 0 Å². The Balaban J connectivity index is 0.000000206. The molecular weight excluding hydrogens is 682 g/mol. The summed E-state index contributed by atoms with van der Waals surface area (Å²) in [5.41, 5.74) is 0.338. The second kappa shape index (κ2) is 17.0. The third kappa shape index (κ3) is 9.04. The molecular formula is C38H32F2N2O10. The summed E-state index contributed by atoms with van der Waals surface area (Å²) in [7, 11) is 2.86. The summed E-state index contributed by atoms with van der Waals surface area (Å²) in [6.45, 7) is -0.181. The predicted octanol–water partition coefficient (Wildman–Crippen LogP) is 5.62. The maximum absolute atomic E-state index is 13.0. The number of benzene rings is 2. The minimum Gasteiger partial charge on any atom is -0.503 e. The average molecular weight is 715 g/mol. The van der Waals surface area contributed by atoms with Crippen molar-refractivity contribution in [3.05, 3.63) is 175 Å². The number of hydrogen-bond acceptors (Lipinski definition) is 10. The van der Waals surface area contributed by atoms with Crippen molar-refractivity contribution in [2.45, 2.75) is 19.6 Å². The van der Waals surface area contributed by atoms with Gasteiger partial charge in [0.05, 0.1) is 11.1 Å². The number of nitrogens with one attached hydrogen (secondary N) is 1. The van der Waals surface area contributed by atoms with Gasteiger partial charge < -0.3 is 33.1 Å². The van der Waals surface area contributed by atoms with Crippen LogP contribution < -0.4 is 15.9 Å². The van der Waals surface area contributed by atoms with Crippen LogP contribution in [0.2, 0.25) is 0 Å². The zero-order valence-corrected chi connectivity index (χ0v) is 27.9. The number of halogens is 2. The Bertz CT molecular complexity index is 2270. The van der Waals surface area contributed by atoms with Crippen LogP contribution in [0.15, 0.2) is 116 Å². The second-order valence-corrected chi connectivity index (χ2v) is 11.2. The van der Waals surface area contributed by atoms with Crippen LogP contribution in [-0.2, 0) is 29.0 Å². The first-order valence-electron chi connectivity index (χ1n) is 15.6. The highest BCUT2D eigenvalue weighted by Crippen LogP contribution is 2.22. The fourth-order valence-corrected chi connectivity index (χ4v) is 4.95. The lowest BCUT2D eigenvalue weighted by Gasteiger charge is -2.12. The fourth-order valence-electron chi connectivity index (χ4n) is 4.95. The highest BCUT2D eigenvalue weighted by molar-refractivity contribution is 6.09. The molecule has 0 atom stereocenters. The molecule has 4 heterocycles. The highest BCUT2D eigenvalue weighted by Gasteiger charge is 2.23. The molecule has 4 aromatic heterocycles. The molecule has 14 heteroatoms. The molecule has 0 amide bonds. The fraction of sp³-hybridized carbons (Fsp3) is 0.158. The van der Waals surface area contributed by atoms with Crippen molar-refractivity contribution in [1.29, 1.82) is 0 Å². The Morgan fingerprint density at radius 2 is 1.27 bits per heavy atom. The second-order valence-electron chi connectivity index (χ2n) is 11.2. The number of hydrogen-bond donors (Lipinski definition) is 2. The quantitative estimate of drug-likeness (QED) is 0.113. The van der Waals surface area contributed by atoms with Gasteiger partial charge >= 0.3 is 0 Å². The highest BCUT2D eigenvalue weighted by atomic mass is 19.1. The lowest BCUT2D eigenvalue weighted by Crippen LogP contribution is -2.25. The Labute approximate surface area is 294 Å². The molecule has 0 fully saturated rings. The molecule has 0 spiro atoms. The molecule has 0 aliphatic rings. The summed E-state index contributed by atoms with van der Waals surface area (Å²) in [6, 6.07) is 21.0. The first kappa shape index (κ1) is 36.9. The van der Waals surface area contributed by atoms with E-state index in [1.807, 2.05) is 0 Å². The molecule has 2 N–H and O–H groups in total. The molecule has 52 heavy (non-hydrogen) atoms. The Morgan fingerprint density at radius 3 is 1.79 bits per heavy atom. The SMILES string of the molecule is COCOc1c(C(=O)c2ccc(Cc3ccc(F)cc3)o2)ccn(COC)c1=O.O=C(c1ccc(Cc2ccc(F)cc2)o1)c1cc[nH]c(=O)c1O. The largest absolute Gasteiger partial charge is 0.503 e. The van der Waals surface area contributed by atoms with E-state index in [0.717, 1.165) is 11.1 Å². The molecule has 0 saturated heterocycles. The number of aromatic amines is 1. The number of methoxy groups -OCH3 is 2. The maximum Gasteiger partial charge on any atom is 0.295 e. The number of H-pyrrole nitrogens is 1. The molecule has 268 valence electrons. The van der Waals surface area contributed by atoms with Crippen molar-refractivity contribution < 1.29 is 46.5 Å². The smallest absolute Gasteiger partial charge is 0.295 e. The molecule has 0 unspecified atom stereocenters. The zero-order valence-electron chi connectivity index (χ0n) is 27.9. The van der Waals surface area contributed by atoms with Gasteiger partial charge in [0.2, 0.25) is 11.6 Å². The monoisotopic (exact) mass is 714 g/mol. The van der Waals surface area contributed by atoms with Gasteiger partial charge in [-0.1, -0.05) is 24.3 Å². The van der Waals surface area contributed by atoms with Crippen LogP contribution in [0.1, 0.15) is 54.9 Å². The van der Waals surface area contributed by atoms with Crippen LogP contribution in [0.3, 0.4) is 0 Å². The number of rotatable bonds is 13. The first-order valence-corrected chi connectivity index (χ1v) is 15.6. The number of ketones is 2. The van der Waals surface area contributed by atoms with Crippen molar-refractivity contribution >= 4 is 11.6 Å². The zero-order chi connectivity index (χ0) is 37.2. The van der Waals surface area contributed by atoms with E-state index in [0.29, 0.717) is 24.4 Å². The molecule has 2 aromatic carbocycles. The number of carbonyl (C=O) groups is 2. The molecule has 0 radical (unpaired) electrons. The van der Waals surface area contributed by atoms with E-state index >= 15 is 0 Å². The van der Waals surface area contributed by atoms with E-state index in [9.17, 15) is 33.1 Å². The third-order valence-electron chi connectivity index (χ3n) is 7.49. The number of aromatic hydroxyl groups is 1. The van der Waals surface area contributed by atoms with E-state index in [2.05, 4.69) is 4.98 Å². The molecule has 6 aromatic rings. The van der Waals surface area contributed by atoms with Crippen LogP contribution >= 0.6 is 0 Å². The molecule has 6 rings (SSSR count). The van der Waals surface area contributed by atoms with Gasteiger partial charge in [0.1, 0.15) is 29.9 Å². The van der Waals surface area contributed by atoms with Crippen LogP contribution in [-0.4, -0.2) is 47.2 Å². The normalized spacial score (nSPS) is 10.8. The minimum atomic E-state index is -0.742. The van der Waals surface area contributed by atoms with Crippen LogP contribution in [0.4, 0.5) is 8.78 Å². The van der Waals surface area contributed by atoms with Crippen molar-refractivity contribution in [3.8, 4) is 11.5 Å². The van der Waals surface area contributed by atoms with Crippen molar-refractivity contribution in [3.63, 3.8) is 0 Å². The minimum absolute atomic E-state index is 0.0131. The van der Waals surface area contributed by atoms with Crippen LogP contribution in [0, 0.1) is 11.6 Å². The Morgan fingerprint density at radius 1 is 0.731 bits per heavy atom. The molecule has 0 aliphatic carbocycles. The Hall–Kier alpha value is -6.38. The van der Waals surface area contributed by atoms with Crippen LogP contribution in [0.5, 0.6) is 11.5 Å². The van der Waals surface area contributed by atoms with Gasteiger partial charge in [0.15, 0.2) is 29.8 Å². The van der Waals surface area contributed by atoms with Gasteiger partial charge in [-0.2, -0.15) is 0 Å². The maximum atomic E-state index is 13.0. The number of carbonyl (C=O) groups excluding carboxylic acids is 2. The molecule has 0 bridgehead atoms. The molecule has 0 aliphatic heterocycles. The van der Waals surface area contributed by atoms with Crippen molar-refractivity contribution in [2.75, 3.05) is 21.0 Å². The number of pyridine rings is 2. The number of furan rings is 2. The lowest BCUT2D eigenvalue weighted by molar-refractivity contribution is 0.0476. The third-order valence-corrected chi connectivity index (χ3v) is 7.49. The summed E-state index contributed by atoms with van der Waals surface area (Å²) in [5.74, 6) is -1.39. The Kier molecular flexibility index (Phi) is 12.1. The van der Waals surface area contributed by atoms with E-state index in [-0.39, 0.29) is 53.6 Å². The number of nitrogens with zero attached hydrogens (tertiary/aromatic N) is 1. The van der Waals surface area contributed by atoms with Gasteiger partial charge in [0, 0.05) is 39.5 Å². The van der Waals surface area contributed by atoms with Crippen molar-refractivity contribution in [2.24, 2.45) is 0 Å². The summed E-state index contributed by atoms with van der Waals surface area (Å²) in [4.78, 5) is 51.4. The number of aromatic nitrogens is 2. The molecule has 12 nitrogen and oxygen atoms in total. The van der Waals surface area contributed by atoms with E-state index < -0.39 is 28.4 Å². The van der Waals surface area contributed by atoms with E-state index in [1.165, 1.54) is 79.7 Å². The molecule has 0 saturated carbocycles. The van der Waals surface area contributed by atoms with E-state index in [1.54, 1.807) is 36.4 Å². The van der Waals surface area contributed by atoms with E-state index in [4.69, 9.17) is 23.0 Å². The first-order chi connectivity index (χ1) is 25.1. The van der Waals surface area contributed by atoms with Gasteiger partial charge in [-0.05, 0) is 71.8 Å². The van der Waals surface area contributed by atoms with Gasteiger partial charge in [0.25, 0.3) is 11.1 Å².